The van der Waals surface area contributed by atoms with Gasteiger partial charge in [-0.15, -0.1) is 0 Å². The van der Waals surface area contributed by atoms with E-state index in [0.29, 0.717) is 19.5 Å². The van der Waals surface area contributed by atoms with Crippen molar-refractivity contribution in [1.29, 1.82) is 0 Å². The van der Waals surface area contributed by atoms with Crippen molar-refractivity contribution in [1.82, 2.24) is 10.0 Å². The van der Waals surface area contributed by atoms with Gasteiger partial charge in [-0.1, -0.05) is 0 Å². The van der Waals surface area contributed by atoms with Crippen molar-refractivity contribution in [2.45, 2.75) is 24.3 Å². The van der Waals surface area contributed by atoms with E-state index in [1.807, 2.05) is 0 Å². The van der Waals surface area contributed by atoms with Gasteiger partial charge in [0.05, 0.1) is 9.82 Å². The molecule has 1 heterocycles. The van der Waals surface area contributed by atoms with E-state index in [9.17, 15) is 22.9 Å². The Kier molecular flexibility index (Phi) is 4.02. The van der Waals surface area contributed by atoms with Crippen LogP contribution in [0.1, 0.15) is 12.0 Å². The molecule has 1 fully saturated rings. The summed E-state index contributed by atoms with van der Waals surface area (Å²) in [5.41, 5.74) is -0.918. The molecule has 9 heteroatoms. The Morgan fingerprint density at radius 2 is 2.20 bits per heavy atom. The maximum atomic E-state index is 13.6. The van der Waals surface area contributed by atoms with Gasteiger partial charge < -0.3 is 5.32 Å². The first-order chi connectivity index (χ1) is 9.31. The zero-order valence-corrected chi connectivity index (χ0v) is 11.5. The van der Waals surface area contributed by atoms with Gasteiger partial charge in [0.2, 0.25) is 15.8 Å². The van der Waals surface area contributed by atoms with Crippen LogP contribution in [0.25, 0.3) is 0 Å². The molecular weight excluding hydrogens is 289 g/mol. The fraction of sp³-hybridized carbons (Fsp3) is 0.455. The molecule has 20 heavy (non-hydrogen) atoms. The highest BCUT2D eigenvalue weighted by molar-refractivity contribution is 7.89. The first kappa shape index (κ1) is 14.8. The molecule has 0 aromatic heterocycles. The summed E-state index contributed by atoms with van der Waals surface area (Å²) in [5, 5.41) is 13.7. The number of rotatable bonds is 4. The van der Waals surface area contributed by atoms with Crippen LogP contribution in [-0.2, 0) is 10.0 Å². The van der Waals surface area contributed by atoms with Crippen LogP contribution in [0.5, 0.6) is 0 Å². The number of nitrogens with zero attached hydrogens (tertiary/aromatic N) is 1. The minimum atomic E-state index is -3.90. The SMILES string of the molecule is Cc1cc(S(=O)(=O)N[C@@H]2CCNC2)cc([N+](=O)[O-])c1F. The highest BCUT2D eigenvalue weighted by atomic mass is 32.2. The Bertz CT molecular complexity index is 641. The first-order valence-electron chi connectivity index (χ1n) is 5.99. The number of nitro groups is 1. The van der Waals surface area contributed by atoms with E-state index in [1.54, 1.807) is 0 Å². The van der Waals surface area contributed by atoms with Gasteiger partial charge >= 0.3 is 5.69 Å². The van der Waals surface area contributed by atoms with Gasteiger partial charge in [0.15, 0.2) is 0 Å². The van der Waals surface area contributed by atoms with Gasteiger partial charge in [0.1, 0.15) is 0 Å². The molecule has 1 aromatic rings. The number of benzene rings is 1. The molecule has 0 saturated carbocycles. The predicted molar refractivity (Wildman–Crippen MR) is 69.4 cm³/mol. The molecule has 2 rings (SSSR count). The van der Waals surface area contributed by atoms with E-state index < -0.39 is 26.5 Å². The average Bonchev–Trinajstić information content (AvgIpc) is 2.83. The number of halogens is 1. The predicted octanol–water partition coefficient (Wildman–Crippen LogP) is 0.683. The molecule has 7 nitrogen and oxygen atoms in total. The highest BCUT2D eigenvalue weighted by Crippen LogP contribution is 2.25. The molecule has 0 amide bonds. The molecule has 1 atom stereocenters. The van der Waals surface area contributed by atoms with Crippen molar-refractivity contribution in [2.24, 2.45) is 0 Å². The van der Waals surface area contributed by atoms with Crippen LogP contribution in [0.2, 0.25) is 0 Å². The summed E-state index contributed by atoms with van der Waals surface area (Å²) in [7, 11) is -3.90. The molecule has 1 saturated heterocycles. The summed E-state index contributed by atoms with van der Waals surface area (Å²) in [6, 6.07) is 1.57. The van der Waals surface area contributed by atoms with Gasteiger partial charge in [0.25, 0.3) is 0 Å². The molecule has 1 aromatic carbocycles. The molecule has 1 aliphatic heterocycles. The third-order valence-corrected chi connectivity index (χ3v) is 4.60. The van der Waals surface area contributed by atoms with Crippen LogP contribution >= 0.6 is 0 Å². The average molecular weight is 303 g/mol. The molecule has 0 spiro atoms. The minimum absolute atomic E-state index is 0.0795. The number of hydrogen-bond donors (Lipinski definition) is 2. The maximum absolute atomic E-state index is 13.6. The largest absolute Gasteiger partial charge is 0.315 e. The van der Waals surface area contributed by atoms with Crippen LogP contribution in [0.4, 0.5) is 10.1 Å². The topological polar surface area (TPSA) is 101 Å². The van der Waals surface area contributed by atoms with Crippen LogP contribution in [0.3, 0.4) is 0 Å². The van der Waals surface area contributed by atoms with Gasteiger partial charge in [-0.25, -0.2) is 13.1 Å². The summed E-state index contributed by atoms with van der Waals surface area (Å²) in [4.78, 5) is 9.51. The molecule has 2 N–H and O–H groups in total. The van der Waals surface area contributed by atoms with Crippen LogP contribution in [0.15, 0.2) is 17.0 Å². The van der Waals surface area contributed by atoms with Gasteiger partial charge in [-0.05, 0) is 31.5 Å². The molecule has 0 aliphatic carbocycles. The Morgan fingerprint density at radius 1 is 1.50 bits per heavy atom. The molecule has 110 valence electrons. The zero-order chi connectivity index (χ0) is 14.9. The normalized spacial score (nSPS) is 19.2. The Labute approximate surface area is 115 Å². The summed E-state index contributed by atoms with van der Waals surface area (Å²) in [5.74, 6) is -1.02. The summed E-state index contributed by atoms with van der Waals surface area (Å²) >= 11 is 0. The minimum Gasteiger partial charge on any atom is -0.315 e. The molecule has 1 aliphatic rings. The Morgan fingerprint density at radius 3 is 2.75 bits per heavy atom. The van der Waals surface area contributed by atoms with Crippen molar-refractivity contribution in [3.05, 3.63) is 33.6 Å². The monoisotopic (exact) mass is 303 g/mol. The smallest absolute Gasteiger partial charge is 0.306 e. The fourth-order valence-electron chi connectivity index (χ4n) is 2.05. The second kappa shape index (κ2) is 5.43. The lowest BCUT2D eigenvalue weighted by Gasteiger charge is -2.12. The number of hydrogen-bond acceptors (Lipinski definition) is 5. The van der Waals surface area contributed by atoms with Crippen LogP contribution in [0, 0.1) is 22.9 Å². The van der Waals surface area contributed by atoms with Crippen LogP contribution in [-0.4, -0.2) is 32.5 Å². The standard InChI is InChI=1S/C11H14FN3O4S/c1-7-4-9(5-10(11(7)12)15(16)17)20(18,19)14-8-2-3-13-6-8/h4-5,8,13-14H,2-3,6H2,1H3/t8-/m1/s1. The lowest BCUT2D eigenvalue weighted by atomic mass is 10.2. The summed E-state index contributed by atoms with van der Waals surface area (Å²) in [6.45, 7) is 2.50. The summed E-state index contributed by atoms with van der Waals surface area (Å²) < 4.78 is 40.3. The van der Waals surface area contributed by atoms with E-state index in [4.69, 9.17) is 0 Å². The van der Waals surface area contributed by atoms with E-state index in [0.717, 1.165) is 12.1 Å². The molecule has 0 bridgehead atoms. The summed E-state index contributed by atoms with van der Waals surface area (Å²) in [6.07, 6.45) is 0.640. The lowest BCUT2D eigenvalue weighted by Crippen LogP contribution is -2.36. The van der Waals surface area contributed by atoms with Gasteiger partial charge in [0, 0.05) is 18.7 Å². The maximum Gasteiger partial charge on any atom is 0.306 e. The first-order valence-corrected chi connectivity index (χ1v) is 7.47. The number of sulfonamides is 1. The van der Waals surface area contributed by atoms with Crippen molar-refractivity contribution in [3.63, 3.8) is 0 Å². The van der Waals surface area contributed by atoms with Gasteiger partial charge in [-0.2, -0.15) is 4.39 Å². The zero-order valence-electron chi connectivity index (χ0n) is 10.7. The quantitative estimate of drug-likeness (QED) is 0.629. The van der Waals surface area contributed by atoms with Crippen molar-refractivity contribution in [2.75, 3.05) is 13.1 Å². The second-order valence-corrected chi connectivity index (χ2v) is 6.36. The number of aryl methyl sites for hydroxylation is 1. The second-order valence-electron chi connectivity index (χ2n) is 4.64. The van der Waals surface area contributed by atoms with Gasteiger partial charge in [-0.3, -0.25) is 10.1 Å². The van der Waals surface area contributed by atoms with E-state index in [2.05, 4.69) is 10.0 Å². The number of nitro benzene ring substituents is 1. The van der Waals surface area contributed by atoms with E-state index >= 15 is 0 Å². The third-order valence-electron chi connectivity index (χ3n) is 3.10. The molecule has 0 radical (unpaired) electrons. The number of nitrogens with one attached hydrogen (secondary N) is 2. The Balaban J connectivity index is 2.38. The van der Waals surface area contributed by atoms with Crippen molar-refractivity contribution in [3.8, 4) is 0 Å². The van der Waals surface area contributed by atoms with Crippen LogP contribution < -0.4 is 10.0 Å². The van der Waals surface area contributed by atoms with Crippen molar-refractivity contribution < 1.29 is 17.7 Å². The van der Waals surface area contributed by atoms with E-state index in [1.165, 1.54) is 6.92 Å². The molecule has 0 unspecified atom stereocenters. The van der Waals surface area contributed by atoms with E-state index in [-0.39, 0.29) is 16.5 Å². The fourth-order valence-corrected chi connectivity index (χ4v) is 3.42. The highest BCUT2D eigenvalue weighted by Gasteiger charge is 2.27. The lowest BCUT2D eigenvalue weighted by molar-refractivity contribution is -0.387. The Hall–Kier alpha value is -1.58. The molecular formula is C11H14FN3O4S. The van der Waals surface area contributed by atoms with Crippen molar-refractivity contribution >= 4 is 15.7 Å². The third kappa shape index (κ3) is 2.94.